The van der Waals surface area contributed by atoms with Gasteiger partial charge in [-0.3, -0.25) is 0 Å². The average molecular weight is 339 g/mol. The first-order chi connectivity index (χ1) is 12.1. The molecule has 0 aliphatic carbocycles. The molecule has 3 aromatic rings. The molecule has 0 fully saturated rings. The number of aliphatic hydroxyl groups excluding tert-OH is 1. The van der Waals surface area contributed by atoms with E-state index in [-0.39, 0.29) is 13.2 Å². The van der Waals surface area contributed by atoms with Crippen LogP contribution in [0.5, 0.6) is 11.5 Å². The maximum Gasteiger partial charge on any atom is 0.138 e. The zero-order valence-electron chi connectivity index (χ0n) is 14.3. The first kappa shape index (κ1) is 17.0. The Morgan fingerprint density at radius 2 is 1.68 bits per heavy atom. The number of nitrogens with zero attached hydrogens (tertiary/aromatic N) is 3. The highest BCUT2D eigenvalue weighted by atomic mass is 16.5. The Hall–Kier alpha value is -2.86. The van der Waals surface area contributed by atoms with Crippen molar-refractivity contribution in [3.63, 3.8) is 0 Å². The highest BCUT2D eigenvalue weighted by Crippen LogP contribution is 2.22. The lowest BCUT2D eigenvalue weighted by Crippen LogP contribution is -2.25. The first-order valence-electron chi connectivity index (χ1n) is 8.08. The van der Waals surface area contributed by atoms with Gasteiger partial charge in [0, 0.05) is 0 Å². The zero-order valence-corrected chi connectivity index (χ0v) is 14.3. The molecule has 25 heavy (non-hydrogen) atoms. The van der Waals surface area contributed by atoms with Gasteiger partial charge in [0.05, 0.1) is 5.69 Å². The summed E-state index contributed by atoms with van der Waals surface area (Å²) in [7, 11) is 0. The molecule has 0 aliphatic heterocycles. The molecular weight excluding hydrogens is 318 g/mol. The first-order valence-corrected chi connectivity index (χ1v) is 8.08. The van der Waals surface area contributed by atoms with Gasteiger partial charge in [0.15, 0.2) is 0 Å². The number of aryl methyl sites for hydroxylation is 2. The van der Waals surface area contributed by atoms with Gasteiger partial charge in [-0.15, -0.1) is 0 Å². The number of ether oxygens (including phenoxy) is 2. The number of rotatable bonds is 7. The molecule has 0 bridgehead atoms. The summed E-state index contributed by atoms with van der Waals surface area (Å²) < 4.78 is 13.0. The summed E-state index contributed by atoms with van der Waals surface area (Å²) in [4.78, 5) is 3.91. The Morgan fingerprint density at radius 1 is 1.00 bits per heavy atom. The minimum Gasteiger partial charge on any atom is -0.491 e. The molecule has 0 spiro atoms. The van der Waals surface area contributed by atoms with E-state index in [4.69, 9.17) is 9.47 Å². The lowest BCUT2D eigenvalue weighted by Gasteiger charge is -2.16. The Kier molecular flexibility index (Phi) is 5.30. The summed E-state index contributed by atoms with van der Waals surface area (Å²) in [6.45, 7) is 4.32. The van der Waals surface area contributed by atoms with E-state index in [9.17, 15) is 5.11 Å². The van der Waals surface area contributed by atoms with Crippen molar-refractivity contribution in [3.8, 4) is 17.2 Å². The summed E-state index contributed by atoms with van der Waals surface area (Å²) in [6.07, 6.45) is 2.40. The summed E-state index contributed by atoms with van der Waals surface area (Å²) in [5, 5.41) is 14.2. The number of para-hydroxylation sites is 1. The van der Waals surface area contributed by atoms with Crippen molar-refractivity contribution in [2.75, 3.05) is 13.2 Å². The van der Waals surface area contributed by atoms with Gasteiger partial charge in [-0.25, -0.2) is 9.67 Å². The third kappa shape index (κ3) is 4.36. The van der Waals surface area contributed by atoms with Crippen LogP contribution in [0.25, 0.3) is 5.69 Å². The van der Waals surface area contributed by atoms with Crippen molar-refractivity contribution in [3.05, 3.63) is 66.2 Å². The molecule has 0 aliphatic rings. The van der Waals surface area contributed by atoms with E-state index < -0.39 is 6.10 Å². The van der Waals surface area contributed by atoms with Gasteiger partial charge in [0.2, 0.25) is 0 Å². The van der Waals surface area contributed by atoms with Crippen molar-refractivity contribution in [2.45, 2.75) is 20.0 Å². The number of hydrogen-bond donors (Lipinski definition) is 1. The van der Waals surface area contributed by atoms with Gasteiger partial charge in [0.1, 0.15) is 43.5 Å². The lowest BCUT2D eigenvalue weighted by molar-refractivity contribution is 0.0622. The SMILES string of the molecule is Cc1cccc(C)c1OCC(O)COc1ccc(-n2cncn2)cc1. The quantitative estimate of drug-likeness (QED) is 0.717. The number of aliphatic hydroxyl groups is 1. The highest BCUT2D eigenvalue weighted by Gasteiger charge is 2.09. The fourth-order valence-electron chi connectivity index (χ4n) is 2.48. The number of benzene rings is 2. The fraction of sp³-hybridized carbons (Fsp3) is 0.263. The normalized spacial score (nSPS) is 12.0. The molecule has 2 aromatic carbocycles. The second-order valence-electron chi connectivity index (χ2n) is 5.83. The van der Waals surface area contributed by atoms with Crippen LogP contribution in [0.3, 0.4) is 0 Å². The van der Waals surface area contributed by atoms with E-state index in [1.807, 2.05) is 56.3 Å². The maximum absolute atomic E-state index is 10.1. The van der Waals surface area contributed by atoms with E-state index in [1.165, 1.54) is 6.33 Å². The van der Waals surface area contributed by atoms with E-state index in [0.29, 0.717) is 5.75 Å². The van der Waals surface area contributed by atoms with Gasteiger partial charge in [0.25, 0.3) is 0 Å². The predicted molar refractivity (Wildman–Crippen MR) is 94.3 cm³/mol. The van der Waals surface area contributed by atoms with Gasteiger partial charge < -0.3 is 14.6 Å². The smallest absolute Gasteiger partial charge is 0.138 e. The fourth-order valence-corrected chi connectivity index (χ4v) is 2.48. The zero-order chi connectivity index (χ0) is 17.6. The third-order valence-electron chi connectivity index (χ3n) is 3.79. The number of hydrogen-bond acceptors (Lipinski definition) is 5. The van der Waals surface area contributed by atoms with Crippen molar-refractivity contribution in [1.82, 2.24) is 14.8 Å². The van der Waals surface area contributed by atoms with Crippen LogP contribution in [0.15, 0.2) is 55.1 Å². The van der Waals surface area contributed by atoms with Gasteiger partial charge in [-0.05, 0) is 49.2 Å². The highest BCUT2D eigenvalue weighted by molar-refractivity contribution is 5.39. The molecule has 0 radical (unpaired) electrons. The average Bonchev–Trinajstić information content (AvgIpc) is 3.14. The van der Waals surface area contributed by atoms with Crippen LogP contribution in [0.4, 0.5) is 0 Å². The molecule has 3 rings (SSSR count). The Morgan fingerprint density at radius 3 is 2.32 bits per heavy atom. The van der Waals surface area contributed by atoms with Crippen LogP contribution >= 0.6 is 0 Å². The molecule has 0 amide bonds. The standard InChI is InChI=1S/C19H21N3O3/c1-14-4-3-5-15(2)19(14)25-11-17(23)10-24-18-8-6-16(7-9-18)22-13-20-12-21-22/h3-9,12-13,17,23H,10-11H2,1-2H3. The molecule has 1 heterocycles. The minimum absolute atomic E-state index is 0.160. The van der Waals surface area contributed by atoms with Crippen LogP contribution in [0, 0.1) is 13.8 Å². The molecule has 0 saturated heterocycles. The summed E-state index contributed by atoms with van der Waals surface area (Å²) >= 11 is 0. The molecule has 0 saturated carbocycles. The van der Waals surface area contributed by atoms with Crippen LogP contribution in [0.2, 0.25) is 0 Å². The Balaban J connectivity index is 1.50. The maximum atomic E-state index is 10.1. The molecule has 130 valence electrons. The third-order valence-corrected chi connectivity index (χ3v) is 3.79. The van der Waals surface area contributed by atoms with Gasteiger partial charge >= 0.3 is 0 Å². The molecule has 6 heteroatoms. The van der Waals surface area contributed by atoms with E-state index >= 15 is 0 Å². The minimum atomic E-state index is -0.714. The molecule has 1 N–H and O–H groups in total. The Bertz CT molecular complexity index is 781. The lowest BCUT2D eigenvalue weighted by atomic mass is 10.1. The van der Waals surface area contributed by atoms with Crippen molar-refractivity contribution in [2.24, 2.45) is 0 Å². The molecule has 6 nitrogen and oxygen atoms in total. The van der Waals surface area contributed by atoms with Crippen LogP contribution < -0.4 is 9.47 Å². The molecular formula is C19H21N3O3. The molecule has 1 aromatic heterocycles. The van der Waals surface area contributed by atoms with E-state index in [0.717, 1.165) is 22.6 Å². The second-order valence-corrected chi connectivity index (χ2v) is 5.83. The van der Waals surface area contributed by atoms with E-state index in [1.54, 1.807) is 11.0 Å². The summed E-state index contributed by atoms with van der Waals surface area (Å²) in [6, 6.07) is 13.4. The predicted octanol–water partition coefficient (Wildman–Crippen LogP) is 2.70. The van der Waals surface area contributed by atoms with Crippen LogP contribution in [0.1, 0.15) is 11.1 Å². The van der Waals surface area contributed by atoms with E-state index in [2.05, 4.69) is 10.1 Å². The van der Waals surface area contributed by atoms with Crippen molar-refractivity contribution >= 4 is 0 Å². The van der Waals surface area contributed by atoms with Gasteiger partial charge in [-0.2, -0.15) is 5.10 Å². The monoisotopic (exact) mass is 339 g/mol. The van der Waals surface area contributed by atoms with Crippen LogP contribution in [-0.4, -0.2) is 39.2 Å². The van der Waals surface area contributed by atoms with Crippen molar-refractivity contribution in [1.29, 1.82) is 0 Å². The topological polar surface area (TPSA) is 69.4 Å². The number of aromatic nitrogens is 3. The largest absolute Gasteiger partial charge is 0.491 e. The second kappa shape index (κ2) is 7.81. The van der Waals surface area contributed by atoms with Crippen LogP contribution in [-0.2, 0) is 0 Å². The molecule has 1 unspecified atom stereocenters. The van der Waals surface area contributed by atoms with Crippen molar-refractivity contribution < 1.29 is 14.6 Å². The molecule has 1 atom stereocenters. The summed E-state index contributed by atoms with van der Waals surface area (Å²) in [5.74, 6) is 1.49. The van der Waals surface area contributed by atoms with Gasteiger partial charge in [-0.1, -0.05) is 18.2 Å². The summed E-state index contributed by atoms with van der Waals surface area (Å²) in [5.41, 5.74) is 3.00. The Labute approximate surface area is 146 Å².